The molecule has 19 heavy (non-hydrogen) atoms. The lowest BCUT2D eigenvalue weighted by atomic mass is 10.1. The number of halogens is 1. The second-order valence-electron chi connectivity index (χ2n) is 3.83. The van der Waals surface area contributed by atoms with Crippen LogP contribution in [0.5, 0.6) is 0 Å². The summed E-state index contributed by atoms with van der Waals surface area (Å²) in [6, 6.07) is 14.8. The van der Waals surface area contributed by atoms with Crippen LogP contribution in [-0.2, 0) is 0 Å². The molecule has 94 valence electrons. The Bertz CT molecular complexity index is 631. The lowest BCUT2D eigenvalue weighted by Crippen LogP contribution is -2.02. The molecule has 2 nitrogen and oxygen atoms in total. The predicted octanol–water partition coefficient (Wildman–Crippen LogP) is 3.67. The number of carbonyl (C=O) groups is 1. The summed E-state index contributed by atoms with van der Waals surface area (Å²) in [6.45, 7) is 0. The van der Waals surface area contributed by atoms with Crippen LogP contribution in [-0.4, -0.2) is 11.5 Å². The molecule has 0 amide bonds. The number of carbonyl (C=O) groups excluding carboxylic acids is 1. The molecule has 0 N–H and O–H groups in total. The molecular weight excluding hydrogens is 261 g/mol. The summed E-state index contributed by atoms with van der Waals surface area (Å²) in [7, 11) is 0. The van der Waals surface area contributed by atoms with E-state index in [1.807, 2.05) is 6.07 Å². The molecule has 0 fully saturated rings. The number of Topliss-reactive ketones (excluding diaryl/α,β-unsaturated/α-hetero) is 1. The summed E-state index contributed by atoms with van der Waals surface area (Å²) >= 11 is 1.17. The van der Waals surface area contributed by atoms with Crippen LogP contribution in [0.3, 0.4) is 0 Å². The minimum absolute atomic E-state index is 0.0854. The van der Waals surface area contributed by atoms with Crippen molar-refractivity contribution in [3.8, 4) is 6.07 Å². The van der Waals surface area contributed by atoms with E-state index >= 15 is 0 Å². The maximum absolute atomic E-state index is 13.4. The number of thioether (sulfide) groups is 1. The molecule has 2 aromatic rings. The summed E-state index contributed by atoms with van der Waals surface area (Å²) in [4.78, 5) is 12.4. The number of ketones is 1. The van der Waals surface area contributed by atoms with E-state index in [0.717, 1.165) is 0 Å². The monoisotopic (exact) mass is 271 g/mol. The van der Waals surface area contributed by atoms with Gasteiger partial charge in [-0.25, -0.2) is 4.39 Å². The van der Waals surface area contributed by atoms with Gasteiger partial charge in [0.1, 0.15) is 5.82 Å². The normalized spacial score (nSPS) is 9.89. The average Bonchev–Trinajstić information content (AvgIpc) is 2.46. The van der Waals surface area contributed by atoms with Gasteiger partial charge in [-0.05, 0) is 24.3 Å². The van der Waals surface area contributed by atoms with Crippen LogP contribution in [0.2, 0.25) is 0 Å². The van der Waals surface area contributed by atoms with E-state index in [0.29, 0.717) is 16.0 Å². The SMILES string of the molecule is N#Cc1ccc(C(=O)CSc2ccccc2F)cc1. The van der Waals surface area contributed by atoms with Gasteiger partial charge in [0.05, 0.1) is 17.4 Å². The quantitative estimate of drug-likeness (QED) is 0.629. The van der Waals surface area contributed by atoms with E-state index in [-0.39, 0.29) is 17.4 Å². The van der Waals surface area contributed by atoms with E-state index in [1.165, 1.54) is 17.8 Å². The molecule has 0 unspecified atom stereocenters. The molecule has 0 atom stereocenters. The van der Waals surface area contributed by atoms with Gasteiger partial charge < -0.3 is 0 Å². The van der Waals surface area contributed by atoms with Crippen LogP contribution in [0.15, 0.2) is 53.4 Å². The predicted molar refractivity (Wildman–Crippen MR) is 72.6 cm³/mol. The summed E-state index contributed by atoms with van der Waals surface area (Å²) in [6.07, 6.45) is 0. The maximum Gasteiger partial charge on any atom is 0.173 e. The average molecular weight is 271 g/mol. The zero-order valence-electron chi connectivity index (χ0n) is 9.97. The van der Waals surface area contributed by atoms with Crippen LogP contribution in [0, 0.1) is 17.1 Å². The van der Waals surface area contributed by atoms with Crippen LogP contribution in [0.1, 0.15) is 15.9 Å². The van der Waals surface area contributed by atoms with Gasteiger partial charge in [0.2, 0.25) is 0 Å². The Kier molecular flexibility index (Phi) is 4.32. The van der Waals surface area contributed by atoms with Gasteiger partial charge in [-0.1, -0.05) is 24.3 Å². The minimum Gasteiger partial charge on any atom is -0.293 e. The Morgan fingerprint density at radius 3 is 2.47 bits per heavy atom. The van der Waals surface area contributed by atoms with Crippen molar-refractivity contribution < 1.29 is 9.18 Å². The molecule has 0 bridgehead atoms. The topological polar surface area (TPSA) is 40.9 Å². The molecule has 2 aromatic carbocycles. The largest absolute Gasteiger partial charge is 0.293 e. The fourth-order valence-electron chi connectivity index (χ4n) is 1.52. The van der Waals surface area contributed by atoms with E-state index in [1.54, 1.807) is 42.5 Å². The second kappa shape index (κ2) is 6.17. The Balaban J connectivity index is 2.02. The first-order chi connectivity index (χ1) is 9.20. The Morgan fingerprint density at radius 2 is 1.84 bits per heavy atom. The summed E-state index contributed by atoms with van der Waals surface area (Å²) < 4.78 is 13.4. The number of rotatable bonds is 4. The molecule has 4 heteroatoms. The summed E-state index contributed by atoms with van der Waals surface area (Å²) in [5, 5.41) is 8.67. The molecular formula is C15H10FNOS. The van der Waals surface area contributed by atoms with Gasteiger partial charge in [0.25, 0.3) is 0 Å². The van der Waals surface area contributed by atoms with Crippen LogP contribution in [0.4, 0.5) is 4.39 Å². The van der Waals surface area contributed by atoms with Crippen LogP contribution in [0.25, 0.3) is 0 Å². The van der Waals surface area contributed by atoms with Crippen LogP contribution < -0.4 is 0 Å². The fourth-order valence-corrected chi connectivity index (χ4v) is 2.35. The van der Waals surface area contributed by atoms with Crippen molar-refractivity contribution >= 4 is 17.5 Å². The highest BCUT2D eigenvalue weighted by molar-refractivity contribution is 8.00. The number of benzene rings is 2. The number of hydrogen-bond donors (Lipinski definition) is 0. The third kappa shape index (κ3) is 3.43. The van der Waals surface area contributed by atoms with Gasteiger partial charge in [-0.15, -0.1) is 11.8 Å². The van der Waals surface area contributed by atoms with Crippen molar-refractivity contribution in [1.29, 1.82) is 5.26 Å². The molecule has 0 radical (unpaired) electrons. The second-order valence-corrected chi connectivity index (χ2v) is 4.85. The summed E-state index contributed by atoms with van der Waals surface area (Å²) in [5.41, 5.74) is 1.04. The first-order valence-electron chi connectivity index (χ1n) is 5.61. The van der Waals surface area contributed by atoms with Crippen molar-refractivity contribution in [2.45, 2.75) is 4.90 Å². The lowest BCUT2D eigenvalue weighted by molar-refractivity contribution is 0.102. The maximum atomic E-state index is 13.4. The number of nitriles is 1. The van der Waals surface area contributed by atoms with Gasteiger partial charge in [0, 0.05) is 10.5 Å². The van der Waals surface area contributed by atoms with E-state index in [9.17, 15) is 9.18 Å². The molecule has 0 spiro atoms. The smallest absolute Gasteiger partial charge is 0.173 e. The highest BCUT2D eigenvalue weighted by Gasteiger charge is 2.08. The summed E-state index contributed by atoms with van der Waals surface area (Å²) in [5.74, 6) is -0.231. The molecule has 0 heterocycles. The Labute approximate surface area is 114 Å². The first kappa shape index (κ1) is 13.3. The molecule has 0 aliphatic heterocycles. The standard InChI is InChI=1S/C15H10FNOS/c16-13-3-1-2-4-15(13)19-10-14(18)12-7-5-11(9-17)6-8-12/h1-8H,10H2. The number of nitrogens with zero attached hydrogens (tertiary/aromatic N) is 1. The number of hydrogen-bond acceptors (Lipinski definition) is 3. The van der Waals surface area contributed by atoms with E-state index in [2.05, 4.69) is 0 Å². The van der Waals surface area contributed by atoms with Crippen molar-refractivity contribution in [1.82, 2.24) is 0 Å². The first-order valence-corrected chi connectivity index (χ1v) is 6.60. The molecule has 0 aliphatic rings. The molecule has 0 aliphatic carbocycles. The van der Waals surface area contributed by atoms with Crippen molar-refractivity contribution in [2.75, 3.05) is 5.75 Å². The molecule has 2 rings (SSSR count). The van der Waals surface area contributed by atoms with Crippen molar-refractivity contribution in [3.05, 3.63) is 65.5 Å². The van der Waals surface area contributed by atoms with Crippen molar-refractivity contribution in [2.24, 2.45) is 0 Å². The Hall–Kier alpha value is -2.12. The fraction of sp³-hybridized carbons (Fsp3) is 0.0667. The third-order valence-corrected chi connectivity index (χ3v) is 3.58. The minimum atomic E-state index is -0.319. The molecule has 0 aromatic heterocycles. The van der Waals surface area contributed by atoms with Gasteiger partial charge in [0.15, 0.2) is 5.78 Å². The zero-order valence-corrected chi connectivity index (χ0v) is 10.8. The Morgan fingerprint density at radius 1 is 1.16 bits per heavy atom. The van der Waals surface area contributed by atoms with Gasteiger partial charge >= 0.3 is 0 Å². The van der Waals surface area contributed by atoms with E-state index in [4.69, 9.17) is 5.26 Å². The highest BCUT2D eigenvalue weighted by Crippen LogP contribution is 2.22. The third-order valence-electron chi connectivity index (χ3n) is 2.53. The van der Waals surface area contributed by atoms with Gasteiger partial charge in [-0.2, -0.15) is 5.26 Å². The van der Waals surface area contributed by atoms with Gasteiger partial charge in [-0.3, -0.25) is 4.79 Å². The zero-order chi connectivity index (χ0) is 13.7. The van der Waals surface area contributed by atoms with Crippen LogP contribution >= 0.6 is 11.8 Å². The van der Waals surface area contributed by atoms with E-state index < -0.39 is 0 Å². The molecule has 0 saturated heterocycles. The highest BCUT2D eigenvalue weighted by atomic mass is 32.2. The molecule has 0 saturated carbocycles. The van der Waals surface area contributed by atoms with Crippen molar-refractivity contribution in [3.63, 3.8) is 0 Å². The lowest BCUT2D eigenvalue weighted by Gasteiger charge is -2.03.